The first-order valence-electron chi connectivity index (χ1n) is 12.4. The number of anilines is 1. The van der Waals surface area contributed by atoms with E-state index in [-0.39, 0.29) is 33.3 Å². The molecule has 9 nitrogen and oxygen atoms in total. The molecule has 0 spiro atoms. The molecule has 0 aromatic carbocycles. The summed E-state index contributed by atoms with van der Waals surface area (Å²) in [5.74, 6) is 0.252. The van der Waals surface area contributed by atoms with Gasteiger partial charge in [0, 0.05) is 37.4 Å². The fraction of sp³-hybridized carbons (Fsp3) is 0.500. The Kier molecular flexibility index (Phi) is 7.86. The van der Waals surface area contributed by atoms with Crippen molar-refractivity contribution in [2.75, 3.05) is 24.5 Å². The predicted octanol–water partition coefficient (Wildman–Crippen LogP) is 5.52. The van der Waals surface area contributed by atoms with E-state index < -0.39 is 24.1 Å². The van der Waals surface area contributed by atoms with E-state index in [1.807, 2.05) is 46.4 Å². The summed E-state index contributed by atoms with van der Waals surface area (Å²) < 4.78 is 20.9. The zero-order valence-corrected chi connectivity index (χ0v) is 23.8. The molecule has 1 fully saturated rings. The molecular formula is C26H31Cl2FN6O3. The fourth-order valence-corrected chi connectivity index (χ4v) is 4.86. The first-order valence-corrected chi connectivity index (χ1v) is 13.2. The largest absolute Gasteiger partial charge is 0.444 e. The summed E-state index contributed by atoms with van der Waals surface area (Å²) in [4.78, 5) is 43.2. The number of rotatable bonds is 4. The van der Waals surface area contributed by atoms with Gasteiger partial charge in [0.05, 0.1) is 21.8 Å². The summed E-state index contributed by atoms with van der Waals surface area (Å²) in [6, 6.07) is 2.93. The number of halogens is 3. The molecule has 0 saturated carbocycles. The molecule has 3 aromatic heterocycles. The van der Waals surface area contributed by atoms with Gasteiger partial charge < -0.3 is 14.5 Å². The first-order chi connectivity index (χ1) is 17.8. The Balaban J connectivity index is 1.86. The Hall–Kier alpha value is -2.98. The summed E-state index contributed by atoms with van der Waals surface area (Å²) in [6.07, 6.45) is 1.12. The highest BCUT2D eigenvalue weighted by atomic mass is 35.5. The Morgan fingerprint density at radius 2 is 1.95 bits per heavy atom. The lowest BCUT2D eigenvalue weighted by Crippen LogP contribution is -2.55. The van der Waals surface area contributed by atoms with Gasteiger partial charge in [-0.2, -0.15) is 4.98 Å². The number of nitrogens with zero attached hydrogens (tertiary/aromatic N) is 6. The van der Waals surface area contributed by atoms with Crippen LogP contribution in [0.2, 0.25) is 10.2 Å². The zero-order chi connectivity index (χ0) is 27.9. The molecule has 3 aromatic rings. The van der Waals surface area contributed by atoms with Gasteiger partial charge in [0.1, 0.15) is 23.2 Å². The molecule has 4 heterocycles. The van der Waals surface area contributed by atoms with Crippen LogP contribution in [0.1, 0.15) is 58.7 Å². The predicted molar refractivity (Wildman–Crippen MR) is 146 cm³/mol. The van der Waals surface area contributed by atoms with Crippen molar-refractivity contribution in [2.45, 2.75) is 65.8 Å². The van der Waals surface area contributed by atoms with Crippen LogP contribution in [0.4, 0.5) is 15.0 Å². The molecule has 0 N–H and O–H groups in total. The number of aromatic nitrogens is 4. The molecule has 38 heavy (non-hydrogen) atoms. The van der Waals surface area contributed by atoms with Crippen LogP contribution in [0.3, 0.4) is 0 Å². The van der Waals surface area contributed by atoms with Gasteiger partial charge in [-0.3, -0.25) is 4.98 Å². The van der Waals surface area contributed by atoms with E-state index in [1.54, 1.807) is 11.0 Å². The lowest BCUT2D eigenvalue weighted by molar-refractivity contribution is 0.0218. The third-order valence-corrected chi connectivity index (χ3v) is 6.93. The van der Waals surface area contributed by atoms with Crippen LogP contribution in [0.5, 0.6) is 0 Å². The second-order valence-corrected chi connectivity index (χ2v) is 11.4. The molecule has 0 bridgehead atoms. The number of hydrogen-bond acceptors (Lipinski definition) is 7. The number of carbonyl (C=O) groups excluding carboxylic acids is 1. The van der Waals surface area contributed by atoms with E-state index in [4.69, 9.17) is 27.9 Å². The van der Waals surface area contributed by atoms with Gasteiger partial charge in [-0.1, -0.05) is 37.0 Å². The van der Waals surface area contributed by atoms with Crippen LogP contribution in [-0.2, 0) is 11.4 Å². The van der Waals surface area contributed by atoms with Crippen molar-refractivity contribution < 1.29 is 13.9 Å². The van der Waals surface area contributed by atoms with Crippen molar-refractivity contribution in [3.8, 4) is 5.69 Å². The van der Waals surface area contributed by atoms with Crippen LogP contribution in [-0.4, -0.2) is 61.8 Å². The number of carbonyl (C=O) groups is 1. The summed E-state index contributed by atoms with van der Waals surface area (Å²) >= 11 is 12.7. The van der Waals surface area contributed by atoms with Gasteiger partial charge in [0.25, 0.3) is 0 Å². The van der Waals surface area contributed by atoms with Crippen LogP contribution in [0.15, 0.2) is 23.1 Å². The highest BCUT2D eigenvalue weighted by molar-refractivity contribution is 6.41. The number of pyridine rings is 2. The number of alkyl halides is 1. The smallest absolute Gasteiger partial charge is 0.410 e. The Labute approximate surface area is 230 Å². The third-order valence-electron chi connectivity index (χ3n) is 6.26. The molecule has 0 unspecified atom stereocenters. The topological polar surface area (TPSA) is 93.5 Å². The molecule has 1 aliphatic rings. The summed E-state index contributed by atoms with van der Waals surface area (Å²) in [5, 5.41) is 0.664. The molecule has 1 atom stereocenters. The molecule has 1 amide bonds. The molecule has 204 valence electrons. The first kappa shape index (κ1) is 28.0. The zero-order valence-electron chi connectivity index (χ0n) is 22.3. The van der Waals surface area contributed by atoms with Gasteiger partial charge in [-0.25, -0.2) is 23.5 Å². The maximum atomic E-state index is 14.1. The maximum absolute atomic E-state index is 14.1. The minimum Gasteiger partial charge on any atom is -0.444 e. The fourth-order valence-electron chi connectivity index (χ4n) is 4.57. The lowest BCUT2D eigenvalue weighted by Gasteiger charge is -2.41. The summed E-state index contributed by atoms with van der Waals surface area (Å²) in [7, 11) is 0. The average Bonchev–Trinajstić information content (AvgIpc) is 2.83. The Morgan fingerprint density at radius 1 is 1.24 bits per heavy atom. The molecular weight excluding hydrogens is 534 g/mol. The van der Waals surface area contributed by atoms with Crippen LogP contribution in [0.25, 0.3) is 16.7 Å². The molecule has 0 aliphatic carbocycles. The van der Waals surface area contributed by atoms with E-state index in [0.29, 0.717) is 42.2 Å². The summed E-state index contributed by atoms with van der Waals surface area (Å²) in [6.45, 7) is 11.5. The van der Waals surface area contributed by atoms with Crippen LogP contribution in [0, 0.1) is 0 Å². The van der Waals surface area contributed by atoms with Crippen LogP contribution >= 0.6 is 23.2 Å². The SMILES string of the molecule is CC(C)c1nccc(CF)c1-n1c(=O)nc(N2CCN(C(=O)OC(C)(C)C)C[C@@H]2C)c2cc(Cl)c(Cl)nc21. The second kappa shape index (κ2) is 10.6. The maximum Gasteiger partial charge on any atom is 0.410 e. The number of piperazine rings is 1. The van der Waals surface area contributed by atoms with Gasteiger partial charge in [-0.05, 0) is 45.7 Å². The quantitative estimate of drug-likeness (QED) is 0.385. The van der Waals surface area contributed by atoms with Crippen molar-refractivity contribution in [1.29, 1.82) is 0 Å². The Bertz CT molecular complexity index is 1440. The monoisotopic (exact) mass is 564 g/mol. The highest BCUT2D eigenvalue weighted by Gasteiger charge is 2.32. The highest BCUT2D eigenvalue weighted by Crippen LogP contribution is 2.34. The van der Waals surface area contributed by atoms with E-state index >= 15 is 0 Å². The lowest BCUT2D eigenvalue weighted by atomic mass is 10.0. The van der Waals surface area contributed by atoms with Gasteiger partial charge in [-0.15, -0.1) is 0 Å². The number of hydrogen-bond donors (Lipinski definition) is 0. The minimum absolute atomic E-state index is 0.00375. The van der Waals surface area contributed by atoms with Gasteiger partial charge in [0.15, 0.2) is 5.65 Å². The van der Waals surface area contributed by atoms with E-state index in [1.165, 1.54) is 16.8 Å². The number of amides is 1. The minimum atomic E-state index is -0.807. The van der Waals surface area contributed by atoms with Crippen molar-refractivity contribution in [1.82, 2.24) is 24.4 Å². The van der Waals surface area contributed by atoms with E-state index in [9.17, 15) is 14.0 Å². The number of fused-ring (bicyclic) bond motifs is 1. The van der Waals surface area contributed by atoms with E-state index in [2.05, 4.69) is 15.0 Å². The Morgan fingerprint density at radius 3 is 2.55 bits per heavy atom. The summed E-state index contributed by atoms with van der Waals surface area (Å²) in [5.41, 5.74) is 0.0542. The average molecular weight is 565 g/mol. The van der Waals surface area contributed by atoms with Gasteiger partial charge in [0.2, 0.25) is 0 Å². The number of ether oxygens (including phenoxy) is 1. The van der Waals surface area contributed by atoms with E-state index in [0.717, 1.165) is 0 Å². The standard InChI is InChI=1S/C26H31Cl2FN6O3/c1-14(2)19-20(16(12-29)7-8-30-19)35-23-17(11-18(27)21(28)31-23)22(32-24(35)36)34-10-9-33(13-15(34)3)25(37)38-26(4,5)6/h7-8,11,14-15H,9-10,12-13H2,1-6H3/t15-/m0/s1. The van der Waals surface area contributed by atoms with Crippen LogP contribution < -0.4 is 10.6 Å². The normalized spacial score (nSPS) is 16.4. The molecule has 1 aliphatic heterocycles. The van der Waals surface area contributed by atoms with Crippen molar-refractivity contribution >= 4 is 46.1 Å². The molecule has 0 radical (unpaired) electrons. The van der Waals surface area contributed by atoms with Crippen molar-refractivity contribution in [3.05, 3.63) is 50.2 Å². The third kappa shape index (κ3) is 5.42. The molecule has 12 heteroatoms. The van der Waals surface area contributed by atoms with Crippen molar-refractivity contribution in [2.24, 2.45) is 0 Å². The molecule has 1 saturated heterocycles. The second-order valence-electron chi connectivity index (χ2n) is 10.6. The molecule has 4 rings (SSSR count). The van der Waals surface area contributed by atoms with Gasteiger partial charge >= 0.3 is 11.8 Å². The van der Waals surface area contributed by atoms with Crippen molar-refractivity contribution in [3.63, 3.8) is 0 Å².